The van der Waals surface area contributed by atoms with Crippen molar-refractivity contribution in [1.82, 2.24) is 4.90 Å². The lowest BCUT2D eigenvalue weighted by Crippen LogP contribution is -2.45. The van der Waals surface area contributed by atoms with Crippen LogP contribution in [0.2, 0.25) is 0 Å². The molecule has 0 aromatic heterocycles. The van der Waals surface area contributed by atoms with Crippen molar-refractivity contribution in [3.8, 4) is 11.5 Å². The summed E-state index contributed by atoms with van der Waals surface area (Å²) in [7, 11) is 1.61. The Labute approximate surface area is 154 Å². The lowest BCUT2D eigenvalue weighted by atomic mass is 9.69. The molecule has 0 spiro atoms. The van der Waals surface area contributed by atoms with Gasteiger partial charge in [-0.3, -0.25) is 0 Å². The molecule has 0 radical (unpaired) electrons. The number of benzene rings is 1. The van der Waals surface area contributed by atoms with E-state index in [2.05, 4.69) is 0 Å². The maximum atomic E-state index is 11.7. The Morgan fingerprint density at radius 1 is 1.38 bits per heavy atom. The van der Waals surface area contributed by atoms with Gasteiger partial charge in [-0.05, 0) is 50.3 Å². The van der Waals surface area contributed by atoms with Gasteiger partial charge in [0.05, 0.1) is 19.8 Å². The average Bonchev–Trinajstić information content (AvgIpc) is 3.39. The molecular formula is C20H29NO5. The first-order valence-electron chi connectivity index (χ1n) is 9.27. The lowest BCUT2D eigenvalue weighted by Gasteiger charge is -2.38. The standard InChI is InChI=1S/C20H29NO5/c1-12-20(3,13(2)22)16(10-21(12)19(23)24)15-7-8-17(25-4)18(9-15)26-11-14-5-6-14/h7-9,12-14,16,22H,5-6,10-11H2,1-4H3,(H,23,24)/t12?,13-,16+,20+/m1/s1. The van der Waals surface area contributed by atoms with E-state index >= 15 is 0 Å². The van der Waals surface area contributed by atoms with E-state index in [-0.39, 0.29) is 12.0 Å². The van der Waals surface area contributed by atoms with Crippen LogP contribution in [0.3, 0.4) is 0 Å². The molecular weight excluding hydrogens is 334 g/mol. The highest BCUT2D eigenvalue weighted by Gasteiger charge is 2.53. The molecule has 1 saturated heterocycles. The SMILES string of the molecule is COc1ccc([C@@H]2CN(C(=O)O)C(C)[C@@]2(C)[C@@H](C)O)cc1OCC1CC1. The van der Waals surface area contributed by atoms with Gasteiger partial charge in [0, 0.05) is 23.9 Å². The highest BCUT2D eigenvalue weighted by atomic mass is 16.5. The summed E-state index contributed by atoms with van der Waals surface area (Å²) in [6, 6.07) is 5.48. The Morgan fingerprint density at radius 3 is 2.62 bits per heavy atom. The number of aliphatic hydroxyl groups is 1. The second-order valence-corrected chi connectivity index (χ2v) is 7.87. The van der Waals surface area contributed by atoms with Crippen molar-refractivity contribution >= 4 is 6.09 Å². The van der Waals surface area contributed by atoms with E-state index in [0.29, 0.717) is 30.6 Å². The highest BCUT2D eigenvalue weighted by molar-refractivity contribution is 5.66. The molecule has 1 aromatic carbocycles. The number of ether oxygens (including phenoxy) is 2. The van der Waals surface area contributed by atoms with Crippen LogP contribution < -0.4 is 9.47 Å². The minimum atomic E-state index is -0.953. The van der Waals surface area contributed by atoms with Gasteiger partial charge in [-0.15, -0.1) is 0 Å². The second-order valence-electron chi connectivity index (χ2n) is 7.87. The summed E-state index contributed by atoms with van der Waals surface area (Å²) in [6.45, 7) is 6.60. The van der Waals surface area contributed by atoms with E-state index in [4.69, 9.17) is 9.47 Å². The van der Waals surface area contributed by atoms with E-state index in [9.17, 15) is 15.0 Å². The Hall–Kier alpha value is -1.95. The maximum absolute atomic E-state index is 11.7. The van der Waals surface area contributed by atoms with Crippen LogP contribution in [0, 0.1) is 11.3 Å². The average molecular weight is 363 g/mol. The summed E-state index contributed by atoms with van der Waals surface area (Å²) in [6.07, 6.45) is 0.807. The molecule has 0 bridgehead atoms. The van der Waals surface area contributed by atoms with Gasteiger partial charge >= 0.3 is 6.09 Å². The molecule has 144 valence electrons. The molecule has 2 aliphatic rings. The molecule has 6 nitrogen and oxygen atoms in total. The molecule has 3 rings (SSSR count). The second kappa shape index (κ2) is 6.99. The van der Waals surface area contributed by atoms with Crippen molar-refractivity contribution in [3.63, 3.8) is 0 Å². The fraction of sp³-hybridized carbons (Fsp3) is 0.650. The van der Waals surface area contributed by atoms with Gasteiger partial charge in [0.25, 0.3) is 0 Å². The number of likely N-dealkylation sites (tertiary alicyclic amines) is 1. The van der Waals surface area contributed by atoms with E-state index in [1.807, 2.05) is 32.0 Å². The number of nitrogens with zero attached hydrogens (tertiary/aromatic N) is 1. The van der Waals surface area contributed by atoms with Crippen molar-refractivity contribution in [1.29, 1.82) is 0 Å². The zero-order valence-corrected chi connectivity index (χ0v) is 15.9. The van der Waals surface area contributed by atoms with Gasteiger partial charge in [0.1, 0.15) is 0 Å². The summed E-state index contributed by atoms with van der Waals surface area (Å²) in [4.78, 5) is 13.1. The number of amides is 1. The first-order chi connectivity index (χ1) is 12.3. The van der Waals surface area contributed by atoms with Crippen LogP contribution in [-0.2, 0) is 0 Å². The van der Waals surface area contributed by atoms with Crippen LogP contribution in [0.5, 0.6) is 11.5 Å². The lowest BCUT2D eigenvalue weighted by molar-refractivity contribution is 0.0204. The topological polar surface area (TPSA) is 79.2 Å². The largest absolute Gasteiger partial charge is 0.493 e. The fourth-order valence-corrected chi connectivity index (χ4v) is 4.04. The minimum Gasteiger partial charge on any atom is -0.493 e. The monoisotopic (exact) mass is 363 g/mol. The molecule has 2 fully saturated rings. The van der Waals surface area contributed by atoms with Gasteiger partial charge < -0.3 is 24.6 Å². The van der Waals surface area contributed by atoms with Crippen LogP contribution >= 0.6 is 0 Å². The quantitative estimate of drug-likeness (QED) is 0.810. The molecule has 1 aromatic rings. The molecule has 26 heavy (non-hydrogen) atoms. The molecule has 1 saturated carbocycles. The maximum Gasteiger partial charge on any atom is 0.407 e. The Morgan fingerprint density at radius 2 is 2.08 bits per heavy atom. The van der Waals surface area contributed by atoms with Gasteiger partial charge in [-0.1, -0.05) is 13.0 Å². The third kappa shape index (κ3) is 3.22. The van der Waals surface area contributed by atoms with Crippen molar-refractivity contribution < 1.29 is 24.5 Å². The number of methoxy groups -OCH3 is 1. The summed E-state index contributed by atoms with van der Waals surface area (Å²) < 4.78 is 11.4. The Kier molecular flexibility index (Phi) is 5.06. The molecule has 1 heterocycles. The minimum absolute atomic E-state index is 0.122. The van der Waals surface area contributed by atoms with Gasteiger partial charge in [-0.25, -0.2) is 4.79 Å². The molecule has 4 atom stereocenters. The number of carboxylic acid groups (broad SMARTS) is 1. The smallest absolute Gasteiger partial charge is 0.407 e. The molecule has 6 heteroatoms. The molecule has 1 aliphatic carbocycles. The van der Waals surface area contributed by atoms with Crippen LogP contribution in [0.1, 0.15) is 45.1 Å². The van der Waals surface area contributed by atoms with Crippen LogP contribution in [0.15, 0.2) is 18.2 Å². The van der Waals surface area contributed by atoms with Gasteiger partial charge in [0.15, 0.2) is 11.5 Å². The Bertz CT molecular complexity index is 672. The van der Waals surface area contributed by atoms with E-state index in [0.717, 1.165) is 5.56 Å². The van der Waals surface area contributed by atoms with Crippen LogP contribution in [0.4, 0.5) is 4.79 Å². The van der Waals surface area contributed by atoms with Gasteiger partial charge in [0.2, 0.25) is 0 Å². The highest BCUT2D eigenvalue weighted by Crippen LogP contribution is 2.50. The summed E-state index contributed by atoms with van der Waals surface area (Å²) >= 11 is 0. The van der Waals surface area contributed by atoms with Crippen molar-refractivity contribution in [2.24, 2.45) is 11.3 Å². The normalized spacial score (nSPS) is 29.5. The van der Waals surface area contributed by atoms with Crippen molar-refractivity contribution in [2.75, 3.05) is 20.3 Å². The van der Waals surface area contributed by atoms with Gasteiger partial charge in [-0.2, -0.15) is 0 Å². The zero-order chi connectivity index (χ0) is 19.1. The van der Waals surface area contributed by atoms with Crippen molar-refractivity contribution in [3.05, 3.63) is 23.8 Å². The molecule has 1 aliphatic heterocycles. The first-order valence-corrected chi connectivity index (χ1v) is 9.27. The molecule has 1 unspecified atom stereocenters. The predicted octanol–water partition coefficient (Wildman–Crippen LogP) is 3.34. The van der Waals surface area contributed by atoms with Crippen LogP contribution in [-0.4, -0.2) is 53.6 Å². The van der Waals surface area contributed by atoms with E-state index < -0.39 is 17.6 Å². The predicted molar refractivity (Wildman–Crippen MR) is 97.9 cm³/mol. The third-order valence-electron chi connectivity index (χ3n) is 6.41. The zero-order valence-electron chi connectivity index (χ0n) is 15.9. The number of hydrogen-bond acceptors (Lipinski definition) is 4. The summed E-state index contributed by atoms with van der Waals surface area (Å²) in [5.41, 5.74) is 0.386. The molecule has 2 N–H and O–H groups in total. The number of carbonyl (C=O) groups is 1. The number of rotatable bonds is 6. The van der Waals surface area contributed by atoms with E-state index in [1.165, 1.54) is 17.7 Å². The van der Waals surface area contributed by atoms with E-state index in [1.54, 1.807) is 14.0 Å². The third-order valence-corrected chi connectivity index (χ3v) is 6.41. The number of hydrogen-bond donors (Lipinski definition) is 2. The van der Waals surface area contributed by atoms with Crippen molar-refractivity contribution in [2.45, 2.75) is 51.7 Å². The van der Waals surface area contributed by atoms with Crippen LogP contribution in [0.25, 0.3) is 0 Å². The molecule has 1 amide bonds. The summed E-state index contributed by atoms with van der Waals surface area (Å²) in [5, 5.41) is 20.0. The first kappa shape index (κ1) is 18.8. The number of aliphatic hydroxyl groups excluding tert-OH is 1. The fourth-order valence-electron chi connectivity index (χ4n) is 4.04. The summed E-state index contributed by atoms with van der Waals surface area (Å²) in [5.74, 6) is 1.86. The Balaban J connectivity index is 1.94.